The maximum Gasteiger partial charge on any atom is 0.451 e. The molecule has 0 amide bonds. The predicted molar refractivity (Wildman–Crippen MR) is 62.4 cm³/mol. The molecule has 1 heterocycles. The summed E-state index contributed by atoms with van der Waals surface area (Å²) in [4.78, 5) is 11.1. The van der Waals surface area contributed by atoms with E-state index < -0.39 is 30.6 Å². The van der Waals surface area contributed by atoms with Gasteiger partial charge in [-0.15, -0.1) is 0 Å². The number of unbranched alkanes of at least 4 members (excludes halogenated alkanes) is 1. The van der Waals surface area contributed by atoms with Crippen molar-refractivity contribution in [3.05, 3.63) is 0 Å². The fourth-order valence-electron chi connectivity index (χ4n) is 2.40. The Morgan fingerprint density at radius 3 is 2.65 bits per heavy atom. The van der Waals surface area contributed by atoms with Gasteiger partial charge in [-0.05, 0) is 12.7 Å². The van der Waals surface area contributed by atoms with Crippen LogP contribution in [0.15, 0.2) is 0 Å². The SMILES string of the molecule is C[C@@]1(CCCCB(O)O)[C@H](O)CN[C@@H]1C(=O)O. The molecule has 0 unspecified atom stereocenters. The average molecular weight is 245 g/mol. The van der Waals surface area contributed by atoms with Crippen LogP contribution in [-0.2, 0) is 4.79 Å². The second-order valence-corrected chi connectivity index (χ2v) is 4.93. The monoisotopic (exact) mass is 245 g/mol. The van der Waals surface area contributed by atoms with Gasteiger partial charge in [-0.2, -0.15) is 0 Å². The average Bonchev–Trinajstić information content (AvgIpc) is 2.51. The van der Waals surface area contributed by atoms with E-state index in [0.29, 0.717) is 19.3 Å². The molecule has 0 aromatic carbocycles. The van der Waals surface area contributed by atoms with Crippen LogP contribution in [-0.4, -0.2) is 52.0 Å². The van der Waals surface area contributed by atoms with Gasteiger partial charge in [-0.1, -0.05) is 19.8 Å². The Labute approximate surface area is 101 Å². The molecule has 0 saturated carbocycles. The van der Waals surface area contributed by atoms with Crippen LogP contribution in [0.25, 0.3) is 0 Å². The quantitative estimate of drug-likeness (QED) is 0.305. The number of carboxylic acid groups (broad SMARTS) is 1. The summed E-state index contributed by atoms with van der Waals surface area (Å²) in [6.07, 6.45) is 1.41. The molecule has 0 aromatic rings. The van der Waals surface area contributed by atoms with Crippen LogP contribution in [0.4, 0.5) is 0 Å². The maximum absolute atomic E-state index is 11.1. The van der Waals surface area contributed by atoms with Crippen molar-refractivity contribution in [1.82, 2.24) is 5.32 Å². The predicted octanol–water partition coefficient (Wildman–Crippen LogP) is -0.947. The lowest BCUT2D eigenvalue weighted by Crippen LogP contribution is -2.44. The standard InChI is InChI=1S/C10H20BNO5/c1-10(4-2-3-5-11(16)17)7(13)6-12-8(10)9(14)15/h7-8,12-13,16-17H,2-6H2,1H3,(H,14,15)/t7-,8-,10-/m1/s1. The molecule has 5 N–H and O–H groups in total. The van der Waals surface area contributed by atoms with E-state index in [9.17, 15) is 9.90 Å². The number of hydrogen-bond donors (Lipinski definition) is 5. The minimum atomic E-state index is -1.32. The molecule has 1 aliphatic heterocycles. The number of aliphatic hydroxyl groups excluding tert-OH is 1. The van der Waals surface area contributed by atoms with E-state index in [0.717, 1.165) is 0 Å². The Morgan fingerprint density at radius 2 is 2.12 bits per heavy atom. The normalized spacial score (nSPS) is 32.7. The Hall–Kier alpha value is -0.625. The molecular weight excluding hydrogens is 225 g/mol. The molecule has 98 valence electrons. The van der Waals surface area contributed by atoms with Gasteiger partial charge in [0, 0.05) is 12.0 Å². The highest BCUT2D eigenvalue weighted by Crippen LogP contribution is 2.36. The third-order valence-corrected chi connectivity index (χ3v) is 3.61. The van der Waals surface area contributed by atoms with Crippen molar-refractivity contribution in [2.45, 2.75) is 44.7 Å². The summed E-state index contributed by atoms with van der Waals surface area (Å²) in [5.74, 6) is -0.953. The van der Waals surface area contributed by atoms with Gasteiger partial charge in [-0.25, -0.2) is 0 Å². The molecule has 7 heteroatoms. The third-order valence-electron chi connectivity index (χ3n) is 3.61. The highest BCUT2D eigenvalue weighted by Gasteiger charge is 2.49. The lowest BCUT2D eigenvalue weighted by Gasteiger charge is -2.31. The minimum Gasteiger partial charge on any atom is -0.480 e. The first-order valence-electron chi connectivity index (χ1n) is 5.88. The minimum absolute atomic E-state index is 0.275. The van der Waals surface area contributed by atoms with E-state index in [-0.39, 0.29) is 12.9 Å². The first-order chi connectivity index (χ1) is 7.88. The second-order valence-electron chi connectivity index (χ2n) is 4.93. The van der Waals surface area contributed by atoms with Crippen molar-refractivity contribution in [3.63, 3.8) is 0 Å². The molecule has 1 saturated heterocycles. The Bertz CT molecular complexity index is 275. The van der Waals surface area contributed by atoms with Crippen molar-refractivity contribution in [2.24, 2.45) is 5.41 Å². The van der Waals surface area contributed by atoms with Crippen LogP contribution < -0.4 is 5.32 Å². The Morgan fingerprint density at radius 1 is 1.47 bits per heavy atom. The van der Waals surface area contributed by atoms with Gasteiger partial charge >= 0.3 is 13.1 Å². The molecule has 1 aliphatic rings. The molecule has 0 radical (unpaired) electrons. The van der Waals surface area contributed by atoms with Crippen molar-refractivity contribution in [3.8, 4) is 0 Å². The number of hydrogen-bond acceptors (Lipinski definition) is 5. The van der Waals surface area contributed by atoms with E-state index >= 15 is 0 Å². The zero-order valence-electron chi connectivity index (χ0n) is 9.96. The molecule has 0 bridgehead atoms. The van der Waals surface area contributed by atoms with Crippen molar-refractivity contribution >= 4 is 13.1 Å². The molecule has 17 heavy (non-hydrogen) atoms. The molecular formula is C10H20BNO5. The van der Waals surface area contributed by atoms with Gasteiger partial charge in [0.05, 0.1) is 6.10 Å². The van der Waals surface area contributed by atoms with Crippen LogP contribution >= 0.6 is 0 Å². The molecule has 1 rings (SSSR count). The largest absolute Gasteiger partial charge is 0.480 e. The highest BCUT2D eigenvalue weighted by atomic mass is 16.4. The number of aliphatic carboxylic acids is 1. The number of β-amino-alcohol motifs (C(OH)–C–C–N with tert-alkyl or cyclic N) is 1. The van der Waals surface area contributed by atoms with Gasteiger partial charge in [0.15, 0.2) is 0 Å². The maximum atomic E-state index is 11.1. The summed E-state index contributed by atoms with van der Waals surface area (Å²) >= 11 is 0. The number of aliphatic hydroxyl groups is 1. The van der Waals surface area contributed by atoms with Crippen LogP contribution in [0.2, 0.25) is 6.32 Å². The van der Waals surface area contributed by atoms with Crippen LogP contribution in [0, 0.1) is 5.41 Å². The summed E-state index contributed by atoms with van der Waals surface area (Å²) in [5.41, 5.74) is -0.688. The zero-order chi connectivity index (χ0) is 13.1. The first-order valence-corrected chi connectivity index (χ1v) is 5.88. The zero-order valence-corrected chi connectivity index (χ0v) is 9.96. The summed E-state index contributed by atoms with van der Waals surface area (Å²) in [5, 5.41) is 39.1. The first kappa shape index (κ1) is 14.4. The molecule has 0 spiro atoms. The smallest absolute Gasteiger partial charge is 0.451 e. The van der Waals surface area contributed by atoms with Gasteiger partial charge in [-0.3, -0.25) is 4.79 Å². The van der Waals surface area contributed by atoms with E-state index in [2.05, 4.69) is 5.32 Å². The number of carbonyl (C=O) groups is 1. The molecule has 6 nitrogen and oxygen atoms in total. The second kappa shape index (κ2) is 5.81. The Balaban J connectivity index is 2.49. The molecule has 3 atom stereocenters. The molecule has 0 aliphatic carbocycles. The van der Waals surface area contributed by atoms with Crippen molar-refractivity contribution in [2.75, 3.05) is 6.54 Å². The summed E-state index contributed by atoms with van der Waals surface area (Å²) in [7, 11) is -1.32. The van der Waals surface area contributed by atoms with Gasteiger partial charge in [0.1, 0.15) is 6.04 Å². The fourth-order valence-corrected chi connectivity index (χ4v) is 2.40. The van der Waals surface area contributed by atoms with Gasteiger partial charge < -0.3 is 25.6 Å². The summed E-state index contributed by atoms with van der Waals surface area (Å²) in [6, 6.07) is -0.739. The molecule has 0 aromatic heterocycles. The van der Waals surface area contributed by atoms with E-state index in [1.807, 2.05) is 0 Å². The lowest BCUT2D eigenvalue weighted by atomic mass is 9.74. The van der Waals surface area contributed by atoms with Crippen LogP contribution in [0.1, 0.15) is 26.2 Å². The number of rotatable bonds is 6. The van der Waals surface area contributed by atoms with Crippen molar-refractivity contribution in [1.29, 1.82) is 0 Å². The summed E-state index contributed by atoms with van der Waals surface area (Å²) < 4.78 is 0. The topological polar surface area (TPSA) is 110 Å². The lowest BCUT2D eigenvalue weighted by molar-refractivity contribution is -0.143. The van der Waals surface area contributed by atoms with Gasteiger partial charge in [0.25, 0.3) is 0 Å². The molecule has 1 fully saturated rings. The number of carboxylic acids is 1. The van der Waals surface area contributed by atoms with E-state index in [1.54, 1.807) is 6.92 Å². The van der Waals surface area contributed by atoms with E-state index in [4.69, 9.17) is 15.2 Å². The Kier molecular flexibility index (Phi) is 4.94. The van der Waals surface area contributed by atoms with Crippen LogP contribution in [0.5, 0.6) is 0 Å². The summed E-state index contributed by atoms with van der Waals surface area (Å²) in [6.45, 7) is 2.04. The van der Waals surface area contributed by atoms with E-state index in [1.165, 1.54) is 0 Å². The highest BCUT2D eigenvalue weighted by molar-refractivity contribution is 6.40. The fraction of sp³-hybridized carbons (Fsp3) is 0.900. The van der Waals surface area contributed by atoms with Crippen LogP contribution in [0.3, 0.4) is 0 Å². The van der Waals surface area contributed by atoms with Crippen molar-refractivity contribution < 1.29 is 25.1 Å². The number of nitrogens with one attached hydrogen (secondary N) is 1. The third kappa shape index (κ3) is 3.42. The van der Waals surface area contributed by atoms with Gasteiger partial charge in [0.2, 0.25) is 0 Å².